The Kier molecular flexibility index (Phi) is 10.4. The summed E-state index contributed by atoms with van der Waals surface area (Å²) in [5, 5.41) is 29.0. The summed E-state index contributed by atoms with van der Waals surface area (Å²) in [7, 11) is 1.65. The summed E-state index contributed by atoms with van der Waals surface area (Å²) < 4.78 is 15.6. The van der Waals surface area contributed by atoms with Crippen molar-refractivity contribution in [2.45, 2.75) is 111 Å². The number of aromatic nitrogens is 6. The molecule has 3 fully saturated rings. The molecule has 4 aromatic heterocycles. The number of methoxy groups -OCH3 is 1. The predicted octanol–water partition coefficient (Wildman–Crippen LogP) is 9.36. The SMILES string of the molecule is COc1ccc2sc(Nc3nnc4c(c3C)CCCN4c3ccc(-c4cnn(CC56CC(C)(C)CC(OCCN7CCCC7)(CC(C)(C)C5)C6)c4C)c(C(=O)O)n3)nc2c1. The highest BCUT2D eigenvalue weighted by atomic mass is 32.1. The van der Waals surface area contributed by atoms with E-state index < -0.39 is 5.97 Å². The van der Waals surface area contributed by atoms with Gasteiger partial charge in [-0.1, -0.05) is 39.0 Å². The van der Waals surface area contributed by atoms with Gasteiger partial charge in [0, 0.05) is 53.6 Å². The Labute approximate surface area is 356 Å². The maximum absolute atomic E-state index is 13.0. The van der Waals surface area contributed by atoms with E-state index in [1.54, 1.807) is 18.4 Å². The summed E-state index contributed by atoms with van der Waals surface area (Å²) in [6.45, 7) is 19.3. The van der Waals surface area contributed by atoms with Gasteiger partial charge in [0.15, 0.2) is 22.5 Å². The molecule has 14 heteroatoms. The Balaban J connectivity index is 0.969. The molecule has 0 amide bonds. The fourth-order valence-electron chi connectivity index (χ4n) is 12.0. The third-order valence-electron chi connectivity index (χ3n) is 13.5. The van der Waals surface area contributed by atoms with E-state index in [0.717, 1.165) is 108 Å². The zero-order valence-electron chi connectivity index (χ0n) is 36.2. The molecule has 0 spiro atoms. The molecule has 13 nitrogen and oxygen atoms in total. The van der Waals surface area contributed by atoms with Gasteiger partial charge in [-0.25, -0.2) is 14.8 Å². The Morgan fingerprint density at radius 3 is 2.42 bits per heavy atom. The molecule has 2 N–H and O–H groups in total. The number of pyridine rings is 1. The second-order valence-electron chi connectivity index (χ2n) is 19.7. The van der Waals surface area contributed by atoms with Crippen molar-refractivity contribution in [1.29, 1.82) is 0 Å². The number of benzene rings is 1. The van der Waals surface area contributed by atoms with E-state index in [2.05, 4.69) is 59.7 Å². The number of likely N-dealkylation sites (tertiary alicyclic amines) is 1. The van der Waals surface area contributed by atoms with Gasteiger partial charge in [0.05, 0.1) is 35.7 Å². The molecule has 1 aromatic carbocycles. The number of hydrogen-bond acceptors (Lipinski definition) is 12. The number of fused-ring (bicyclic) bond motifs is 4. The number of anilines is 4. The van der Waals surface area contributed by atoms with Gasteiger partial charge in [0.1, 0.15) is 11.6 Å². The lowest BCUT2D eigenvalue weighted by Gasteiger charge is -2.61. The van der Waals surface area contributed by atoms with Crippen molar-refractivity contribution in [3.8, 4) is 16.9 Å². The Morgan fingerprint density at radius 1 is 0.917 bits per heavy atom. The van der Waals surface area contributed by atoms with Gasteiger partial charge in [-0.05, 0) is 125 Å². The lowest BCUT2D eigenvalue weighted by Crippen LogP contribution is -2.58. The summed E-state index contributed by atoms with van der Waals surface area (Å²) in [6, 6.07) is 9.64. The first-order valence-corrected chi connectivity index (χ1v) is 22.4. The molecule has 2 aliphatic heterocycles. The minimum Gasteiger partial charge on any atom is -0.497 e. The number of carboxylic acid groups (broad SMARTS) is 1. The zero-order chi connectivity index (χ0) is 42.0. The van der Waals surface area contributed by atoms with Crippen LogP contribution in [0.2, 0.25) is 0 Å². The molecule has 1 saturated heterocycles. The van der Waals surface area contributed by atoms with Crippen LogP contribution in [0.4, 0.5) is 22.6 Å². The third-order valence-corrected chi connectivity index (χ3v) is 14.4. The van der Waals surface area contributed by atoms with E-state index in [1.165, 1.54) is 25.9 Å². The molecule has 2 aliphatic carbocycles. The molecule has 0 atom stereocenters. The molecule has 2 saturated carbocycles. The van der Waals surface area contributed by atoms with Crippen LogP contribution in [0.15, 0.2) is 36.5 Å². The van der Waals surface area contributed by atoms with Gasteiger partial charge < -0.3 is 29.7 Å². The molecule has 4 aliphatic rings. The second-order valence-corrected chi connectivity index (χ2v) is 20.7. The summed E-state index contributed by atoms with van der Waals surface area (Å²) in [5.74, 6) is 1.55. The summed E-state index contributed by atoms with van der Waals surface area (Å²) >= 11 is 1.54. The van der Waals surface area contributed by atoms with Crippen molar-refractivity contribution in [2.24, 2.45) is 16.2 Å². The van der Waals surface area contributed by atoms with Gasteiger partial charge in [0.2, 0.25) is 0 Å². The number of thiazole rings is 1. The van der Waals surface area contributed by atoms with Gasteiger partial charge in [-0.3, -0.25) is 4.68 Å². The molecule has 5 aromatic rings. The quantitative estimate of drug-likeness (QED) is 0.124. The fraction of sp³-hybridized carbons (Fsp3) is 0.565. The van der Waals surface area contributed by atoms with Gasteiger partial charge in [-0.15, -0.1) is 10.2 Å². The standard InChI is InChI=1S/C46H59N9O4S/c1-29-32-11-10-18-54(40(32)52-51-39(29)50-42-48-35-21-31(58-7)12-14-36(35)60-42)37-15-13-33(38(49-37)41(56)57)34-22-47-55(30(34)2)28-45-23-43(3,4)25-46(27-45,26-44(5,6)24-45)59-20-19-53-16-8-9-17-53/h12-15,21-22H,8-11,16-20,23-28H2,1-7H3,(H,56,57)(H,48,50,51). The molecule has 6 heterocycles. The maximum atomic E-state index is 13.0. The average Bonchev–Trinajstić information content (AvgIpc) is 3.94. The molecule has 318 valence electrons. The third kappa shape index (κ3) is 7.86. The number of aromatic carboxylic acids is 1. The molecule has 2 bridgehead atoms. The van der Waals surface area contributed by atoms with E-state index in [9.17, 15) is 9.90 Å². The number of rotatable bonds is 12. The Morgan fingerprint density at radius 2 is 1.68 bits per heavy atom. The molecule has 0 radical (unpaired) electrons. The van der Waals surface area contributed by atoms with Crippen LogP contribution in [0.5, 0.6) is 5.75 Å². The highest BCUT2D eigenvalue weighted by Crippen LogP contribution is 2.63. The van der Waals surface area contributed by atoms with Crippen LogP contribution < -0.4 is 15.0 Å². The van der Waals surface area contributed by atoms with E-state index in [-0.39, 0.29) is 27.5 Å². The van der Waals surface area contributed by atoms with Gasteiger partial charge in [-0.2, -0.15) is 5.10 Å². The normalized spacial score (nSPS) is 23.5. The second kappa shape index (κ2) is 15.4. The van der Waals surface area contributed by atoms with Crippen molar-refractivity contribution in [2.75, 3.05) is 50.1 Å². The molecule has 60 heavy (non-hydrogen) atoms. The van der Waals surface area contributed by atoms with Crippen LogP contribution in [0, 0.1) is 30.1 Å². The van der Waals surface area contributed by atoms with Crippen molar-refractivity contribution in [3.05, 3.63) is 59.0 Å². The largest absolute Gasteiger partial charge is 0.497 e. The van der Waals surface area contributed by atoms with Crippen LogP contribution in [-0.4, -0.2) is 91.4 Å². The summed E-state index contributed by atoms with van der Waals surface area (Å²) in [4.78, 5) is 27.1. The van der Waals surface area contributed by atoms with Crippen LogP contribution in [-0.2, 0) is 17.7 Å². The number of nitrogens with zero attached hydrogens (tertiary/aromatic N) is 8. The molecular formula is C46H59N9O4S. The first-order chi connectivity index (χ1) is 28.6. The number of hydrogen-bond donors (Lipinski definition) is 2. The highest BCUT2D eigenvalue weighted by molar-refractivity contribution is 7.22. The first-order valence-electron chi connectivity index (χ1n) is 21.6. The van der Waals surface area contributed by atoms with Crippen molar-refractivity contribution in [3.63, 3.8) is 0 Å². The topological polar surface area (TPSA) is 144 Å². The van der Waals surface area contributed by atoms with E-state index in [1.807, 2.05) is 48.4 Å². The first kappa shape index (κ1) is 40.7. The molecular weight excluding hydrogens is 775 g/mol. The number of nitrogens with one attached hydrogen (secondary N) is 1. The minimum absolute atomic E-state index is 0.00103. The van der Waals surface area contributed by atoms with E-state index in [4.69, 9.17) is 24.5 Å². The predicted molar refractivity (Wildman–Crippen MR) is 236 cm³/mol. The average molecular weight is 834 g/mol. The number of ether oxygens (including phenoxy) is 2. The van der Waals surface area contributed by atoms with E-state index in [0.29, 0.717) is 29.6 Å². The number of carbonyl (C=O) groups is 1. The van der Waals surface area contributed by atoms with E-state index >= 15 is 0 Å². The van der Waals surface area contributed by atoms with Gasteiger partial charge in [0.25, 0.3) is 0 Å². The lowest BCUT2D eigenvalue weighted by atomic mass is 9.48. The minimum atomic E-state index is -1.08. The smallest absolute Gasteiger partial charge is 0.355 e. The summed E-state index contributed by atoms with van der Waals surface area (Å²) in [5.41, 5.74) is 5.28. The highest BCUT2D eigenvalue weighted by Gasteiger charge is 2.59. The van der Waals surface area contributed by atoms with Crippen molar-refractivity contribution >= 4 is 50.1 Å². The van der Waals surface area contributed by atoms with Crippen LogP contribution in [0.1, 0.15) is 106 Å². The van der Waals surface area contributed by atoms with Crippen LogP contribution in [0.25, 0.3) is 21.3 Å². The van der Waals surface area contributed by atoms with Crippen molar-refractivity contribution < 1.29 is 19.4 Å². The van der Waals surface area contributed by atoms with Crippen LogP contribution >= 0.6 is 11.3 Å². The zero-order valence-corrected chi connectivity index (χ0v) is 37.0. The monoisotopic (exact) mass is 833 g/mol. The Bertz CT molecular complexity index is 2410. The van der Waals surface area contributed by atoms with Crippen molar-refractivity contribution in [1.82, 2.24) is 34.8 Å². The Hall–Kier alpha value is -4.66. The fourth-order valence-corrected chi connectivity index (χ4v) is 12.8. The summed E-state index contributed by atoms with van der Waals surface area (Å²) in [6.07, 6.45) is 11.5. The maximum Gasteiger partial charge on any atom is 0.355 e. The lowest BCUT2D eigenvalue weighted by molar-refractivity contribution is -0.197. The van der Waals surface area contributed by atoms with Crippen LogP contribution in [0.3, 0.4) is 0 Å². The molecule has 0 unspecified atom stereocenters. The molecule has 9 rings (SSSR count). The van der Waals surface area contributed by atoms with Gasteiger partial charge >= 0.3 is 5.97 Å². The number of carboxylic acids is 1.